The molecule has 146 valence electrons. The average Bonchev–Trinajstić information content (AvgIpc) is 2.69. The second-order valence-electron chi connectivity index (χ2n) is 7.55. The fourth-order valence-electron chi connectivity index (χ4n) is 3.70. The maximum absolute atomic E-state index is 14.4. The van der Waals surface area contributed by atoms with Crippen LogP contribution in [0.3, 0.4) is 0 Å². The molecule has 0 spiro atoms. The summed E-state index contributed by atoms with van der Waals surface area (Å²) in [5, 5.41) is 0. The lowest BCUT2D eigenvalue weighted by molar-refractivity contribution is -0.203. The molecule has 0 radical (unpaired) electrons. The zero-order valence-corrected chi connectivity index (χ0v) is 16.5. The van der Waals surface area contributed by atoms with E-state index in [9.17, 15) is 4.39 Å². The van der Waals surface area contributed by atoms with E-state index in [1.807, 2.05) is 24.3 Å². The van der Waals surface area contributed by atoms with Crippen LogP contribution in [0.15, 0.2) is 42.5 Å². The summed E-state index contributed by atoms with van der Waals surface area (Å²) in [6, 6.07) is 13.8. The molecule has 0 unspecified atom stereocenters. The maximum atomic E-state index is 14.4. The SMILES string of the molecule is CCCc1ccc(-c2ccc(CCC3OCC(CCC)CO3)cc2)c(F)c1. The van der Waals surface area contributed by atoms with E-state index in [0.717, 1.165) is 50.0 Å². The largest absolute Gasteiger partial charge is 0.352 e. The van der Waals surface area contributed by atoms with Crippen LogP contribution in [0.4, 0.5) is 4.39 Å². The van der Waals surface area contributed by atoms with Crippen LogP contribution in [0, 0.1) is 11.7 Å². The Bertz CT molecular complexity index is 703. The highest BCUT2D eigenvalue weighted by molar-refractivity contribution is 5.64. The van der Waals surface area contributed by atoms with Gasteiger partial charge >= 0.3 is 0 Å². The molecular weight excluding hydrogens is 339 g/mol. The van der Waals surface area contributed by atoms with E-state index >= 15 is 0 Å². The van der Waals surface area contributed by atoms with Crippen LogP contribution in [-0.2, 0) is 22.3 Å². The van der Waals surface area contributed by atoms with Crippen molar-refractivity contribution >= 4 is 0 Å². The lowest BCUT2D eigenvalue weighted by atomic mass is 9.99. The Labute approximate surface area is 162 Å². The van der Waals surface area contributed by atoms with Crippen LogP contribution in [0.1, 0.15) is 50.7 Å². The first-order chi connectivity index (χ1) is 13.2. The lowest BCUT2D eigenvalue weighted by Crippen LogP contribution is -2.32. The number of halogens is 1. The summed E-state index contributed by atoms with van der Waals surface area (Å²) in [5.74, 6) is 0.406. The number of ether oxygens (including phenoxy) is 2. The lowest BCUT2D eigenvalue weighted by Gasteiger charge is -2.29. The molecule has 1 heterocycles. The Morgan fingerprint density at radius 2 is 1.56 bits per heavy atom. The molecule has 1 aliphatic rings. The van der Waals surface area contributed by atoms with Crippen LogP contribution in [0.25, 0.3) is 11.1 Å². The van der Waals surface area contributed by atoms with E-state index in [4.69, 9.17) is 9.47 Å². The summed E-state index contributed by atoms with van der Waals surface area (Å²) in [5.41, 5.74) is 3.88. The highest BCUT2D eigenvalue weighted by Gasteiger charge is 2.21. The Morgan fingerprint density at radius 3 is 2.19 bits per heavy atom. The van der Waals surface area contributed by atoms with Crippen molar-refractivity contribution in [2.75, 3.05) is 13.2 Å². The maximum Gasteiger partial charge on any atom is 0.157 e. The van der Waals surface area contributed by atoms with Gasteiger partial charge in [-0.15, -0.1) is 0 Å². The van der Waals surface area contributed by atoms with Gasteiger partial charge < -0.3 is 9.47 Å². The van der Waals surface area contributed by atoms with Crippen molar-refractivity contribution in [1.29, 1.82) is 0 Å². The molecule has 0 atom stereocenters. The molecule has 1 saturated heterocycles. The molecule has 2 aromatic rings. The van der Waals surface area contributed by atoms with Gasteiger partial charge in [0.2, 0.25) is 0 Å². The summed E-state index contributed by atoms with van der Waals surface area (Å²) >= 11 is 0. The zero-order chi connectivity index (χ0) is 19.1. The van der Waals surface area contributed by atoms with Crippen LogP contribution < -0.4 is 0 Å². The molecular formula is C24H31FO2. The van der Waals surface area contributed by atoms with Crippen molar-refractivity contribution in [2.24, 2.45) is 5.92 Å². The standard InChI is InChI=1S/C24H31FO2/c1-3-5-19-9-13-22(23(25)15-19)21-11-7-18(8-12-21)10-14-24-26-16-20(6-4-2)17-27-24/h7-9,11-13,15,20,24H,3-6,10,14,16-17H2,1-2H3. The van der Waals surface area contributed by atoms with E-state index in [0.29, 0.717) is 11.5 Å². The van der Waals surface area contributed by atoms with E-state index in [1.54, 1.807) is 6.07 Å². The highest BCUT2D eigenvalue weighted by atomic mass is 19.1. The molecule has 1 aliphatic heterocycles. The minimum atomic E-state index is -0.140. The van der Waals surface area contributed by atoms with Gasteiger partial charge in [-0.2, -0.15) is 0 Å². The van der Waals surface area contributed by atoms with Crippen molar-refractivity contribution in [3.63, 3.8) is 0 Å². The summed E-state index contributed by atoms with van der Waals surface area (Å²) in [6.45, 7) is 5.92. The number of hydrogen-bond acceptors (Lipinski definition) is 2. The number of rotatable bonds is 8. The number of aryl methyl sites for hydroxylation is 2. The molecule has 0 aromatic heterocycles. The topological polar surface area (TPSA) is 18.5 Å². The fraction of sp³-hybridized carbons (Fsp3) is 0.500. The Hall–Kier alpha value is -1.71. The first kappa shape index (κ1) is 20.0. The molecule has 0 saturated carbocycles. The molecule has 0 aliphatic carbocycles. The van der Waals surface area contributed by atoms with Gasteiger partial charge in [-0.3, -0.25) is 0 Å². The second-order valence-corrected chi connectivity index (χ2v) is 7.55. The van der Waals surface area contributed by atoms with Crippen LogP contribution in [0.2, 0.25) is 0 Å². The third-order valence-electron chi connectivity index (χ3n) is 5.24. The Balaban J connectivity index is 1.53. The van der Waals surface area contributed by atoms with Gasteiger partial charge in [0.15, 0.2) is 6.29 Å². The van der Waals surface area contributed by atoms with Crippen molar-refractivity contribution in [2.45, 2.75) is 58.7 Å². The normalized spacial score (nSPS) is 20.0. The van der Waals surface area contributed by atoms with E-state index in [1.165, 1.54) is 18.4 Å². The molecule has 0 amide bonds. The zero-order valence-electron chi connectivity index (χ0n) is 16.5. The van der Waals surface area contributed by atoms with Gasteiger partial charge in [-0.25, -0.2) is 4.39 Å². The van der Waals surface area contributed by atoms with Crippen LogP contribution in [-0.4, -0.2) is 19.5 Å². The summed E-state index contributed by atoms with van der Waals surface area (Å²) < 4.78 is 26.1. The van der Waals surface area contributed by atoms with Crippen molar-refractivity contribution < 1.29 is 13.9 Å². The van der Waals surface area contributed by atoms with Gasteiger partial charge in [-0.1, -0.05) is 63.1 Å². The smallest absolute Gasteiger partial charge is 0.157 e. The highest BCUT2D eigenvalue weighted by Crippen LogP contribution is 2.25. The molecule has 0 bridgehead atoms. The van der Waals surface area contributed by atoms with Gasteiger partial charge in [0.05, 0.1) is 13.2 Å². The third kappa shape index (κ3) is 5.63. The molecule has 3 rings (SSSR count). The molecule has 0 N–H and O–H groups in total. The summed E-state index contributed by atoms with van der Waals surface area (Å²) in [7, 11) is 0. The first-order valence-electron chi connectivity index (χ1n) is 10.3. The predicted octanol–water partition coefficient (Wildman–Crippen LogP) is 6.17. The molecule has 1 fully saturated rings. The minimum Gasteiger partial charge on any atom is -0.352 e. The third-order valence-corrected chi connectivity index (χ3v) is 5.24. The molecule has 2 aromatic carbocycles. The van der Waals surface area contributed by atoms with E-state index < -0.39 is 0 Å². The monoisotopic (exact) mass is 370 g/mol. The summed E-state index contributed by atoms with van der Waals surface area (Å²) in [6.07, 6.45) is 5.96. The van der Waals surface area contributed by atoms with Gasteiger partial charge in [0, 0.05) is 17.9 Å². The van der Waals surface area contributed by atoms with E-state index in [2.05, 4.69) is 26.0 Å². The van der Waals surface area contributed by atoms with Crippen molar-refractivity contribution in [3.8, 4) is 11.1 Å². The average molecular weight is 371 g/mol. The quantitative estimate of drug-likeness (QED) is 0.553. The fourth-order valence-corrected chi connectivity index (χ4v) is 3.70. The Kier molecular flexibility index (Phi) is 7.42. The van der Waals surface area contributed by atoms with Gasteiger partial charge in [0.1, 0.15) is 5.82 Å². The molecule has 2 nitrogen and oxygen atoms in total. The minimum absolute atomic E-state index is 0.0960. The van der Waals surface area contributed by atoms with Crippen molar-refractivity contribution in [1.82, 2.24) is 0 Å². The van der Waals surface area contributed by atoms with Gasteiger partial charge in [-0.05, 0) is 42.0 Å². The number of benzene rings is 2. The van der Waals surface area contributed by atoms with Crippen molar-refractivity contribution in [3.05, 3.63) is 59.4 Å². The molecule has 3 heteroatoms. The van der Waals surface area contributed by atoms with Crippen LogP contribution in [0.5, 0.6) is 0 Å². The van der Waals surface area contributed by atoms with E-state index in [-0.39, 0.29) is 12.1 Å². The molecule has 27 heavy (non-hydrogen) atoms. The second kappa shape index (κ2) is 10.0. The van der Waals surface area contributed by atoms with Crippen LogP contribution >= 0.6 is 0 Å². The first-order valence-corrected chi connectivity index (χ1v) is 10.3. The number of hydrogen-bond donors (Lipinski definition) is 0. The Morgan fingerprint density at radius 1 is 0.852 bits per heavy atom. The summed E-state index contributed by atoms with van der Waals surface area (Å²) in [4.78, 5) is 0. The predicted molar refractivity (Wildman–Crippen MR) is 108 cm³/mol. The van der Waals surface area contributed by atoms with Gasteiger partial charge in [0.25, 0.3) is 0 Å².